The van der Waals surface area contributed by atoms with Crippen molar-refractivity contribution in [2.45, 2.75) is 45.7 Å². The molecule has 2 heterocycles. The number of carbonyl (C=O) groups excluding carboxylic acids is 1. The van der Waals surface area contributed by atoms with Gasteiger partial charge in [-0.3, -0.25) is 9.48 Å². The van der Waals surface area contributed by atoms with Crippen molar-refractivity contribution in [3.05, 3.63) is 11.4 Å². The van der Waals surface area contributed by atoms with Gasteiger partial charge in [0.1, 0.15) is 6.54 Å². The number of rotatable bonds is 5. The van der Waals surface area contributed by atoms with E-state index in [2.05, 4.69) is 15.3 Å². The van der Waals surface area contributed by atoms with Crippen LogP contribution in [-0.2, 0) is 11.3 Å². The molecular formula is C15H25N5O. The van der Waals surface area contributed by atoms with Crippen LogP contribution < -0.4 is 11.1 Å². The van der Waals surface area contributed by atoms with Crippen LogP contribution in [0.25, 0.3) is 0 Å². The van der Waals surface area contributed by atoms with Crippen LogP contribution in [0.5, 0.6) is 0 Å². The molecule has 1 aliphatic carbocycles. The number of nitrogens with zero attached hydrogens (tertiary/aromatic N) is 3. The molecule has 0 bridgehead atoms. The van der Waals surface area contributed by atoms with Gasteiger partial charge in [-0.15, -0.1) is 0 Å². The van der Waals surface area contributed by atoms with Crippen LogP contribution in [0.3, 0.4) is 0 Å². The highest BCUT2D eigenvalue weighted by Gasteiger charge is 2.34. The molecule has 1 atom stereocenters. The highest BCUT2D eigenvalue weighted by Crippen LogP contribution is 2.31. The first-order valence-corrected chi connectivity index (χ1v) is 7.85. The minimum atomic E-state index is 0.0190. The van der Waals surface area contributed by atoms with Gasteiger partial charge >= 0.3 is 0 Å². The molecule has 2 aliphatic rings. The second kappa shape index (κ2) is 5.67. The molecule has 116 valence electrons. The smallest absolute Gasteiger partial charge is 0.241 e. The maximum Gasteiger partial charge on any atom is 0.241 e. The fourth-order valence-corrected chi connectivity index (χ4v) is 3.12. The maximum atomic E-state index is 12.0. The highest BCUT2D eigenvalue weighted by atomic mass is 16.2. The van der Waals surface area contributed by atoms with Crippen LogP contribution in [-0.4, -0.2) is 46.3 Å². The summed E-state index contributed by atoms with van der Waals surface area (Å²) in [6.45, 7) is 7.12. The zero-order chi connectivity index (χ0) is 15.0. The molecule has 1 unspecified atom stereocenters. The molecule has 1 saturated heterocycles. The van der Waals surface area contributed by atoms with E-state index in [1.54, 1.807) is 4.68 Å². The third-order valence-electron chi connectivity index (χ3n) is 4.70. The standard InChI is InChI=1S/C15H25N5O/c1-10-15(16)11(2)20(18-10)9-14(21)17-7-12-5-6-19(8-12)13-3-4-13/h12-13H,3-9,16H2,1-2H3,(H,17,21). The number of hydrogen-bond donors (Lipinski definition) is 2. The monoisotopic (exact) mass is 291 g/mol. The van der Waals surface area contributed by atoms with Gasteiger partial charge in [0.2, 0.25) is 5.91 Å². The van der Waals surface area contributed by atoms with E-state index in [0.717, 1.165) is 30.5 Å². The molecule has 1 saturated carbocycles. The quantitative estimate of drug-likeness (QED) is 0.836. The largest absolute Gasteiger partial charge is 0.396 e. The Labute approximate surface area is 125 Å². The van der Waals surface area contributed by atoms with E-state index in [1.807, 2.05) is 13.8 Å². The van der Waals surface area contributed by atoms with Crippen molar-refractivity contribution in [3.63, 3.8) is 0 Å². The number of anilines is 1. The van der Waals surface area contributed by atoms with Crippen molar-refractivity contribution in [3.8, 4) is 0 Å². The van der Waals surface area contributed by atoms with Crippen molar-refractivity contribution in [1.82, 2.24) is 20.0 Å². The zero-order valence-corrected chi connectivity index (χ0v) is 12.9. The van der Waals surface area contributed by atoms with E-state index < -0.39 is 0 Å². The molecule has 1 aliphatic heterocycles. The Morgan fingerprint density at radius 2 is 2.14 bits per heavy atom. The van der Waals surface area contributed by atoms with Gasteiger partial charge in [-0.1, -0.05) is 0 Å². The predicted molar refractivity (Wildman–Crippen MR) is 81.8 cm³/mol. The van der Waals surface area contributed by atoms with E-state index in [-0.39, 0.29) is 12.5 Å². The van der Waals surface area contributed by atoms with Crippen molar-refractivity contribution >= 4 is 11.6 Å². The summed E-state index contributed by atoms with van der Waals surface area (Å²) in [4.78, 5) is 14.6. The Bertz CT molecular complexity index is 534. The number of hydrogen-bond acceptors (Lipinski definition) is 4. The van der Waals surface area contributed by atoms with Crippen LogP contribution in [0.2, 0.25) is 0 Å². The van der Waals surface area contributed by atoms with Gasteiger partial charge in [-0.05, 0) is 45.6 Å². The minimum absolute atomic E-state index is 0.0190. The molecule has 0 aromatic carbocycles. The molecule has 0 spiro atoms. The summed E-state index contributed by atoms with van der Waals surface area (Å²) in [5.41, 5.74) is 8.21. The summed E-state index contributed by atoms with van der Waals surface area (Å²) in [5, 5.41) is 7.34. The number of amides is 1. The van der Waals surface area contributed by atoms with Crippen LogP contribution in [0, 0.1) is 19.8 Å². The average Bonchev–Trinajstić information content (AvgIpc) is 3.16. The summed E-state index contributed by atoms with van der Waals surface area (Å²) >= 11 is 0. The van der Waals surface area contributed by atoms with Gasteiger partial charge < -0.3 is 16.0 Å². The van der Waals surface area contributed by atoms with Gasteiger partial charge in [0.25, 0.3) is 0 Å². The van der Waals surface area contributed by atoms with Gasteiger partial charge in [-0.2, -0.15) is 5.10 Å². The van der Waals surface area contributed by atoms with E-state index in [9.17, 15) is 4.79 Å². The summed E-state index contributed by atoms with van der Waals surface area (Å²) in [6.07, 6.45) is 3.92. The number of aromatic nitrogens is 2. The third-order valence-corrected chi connectivity index (χ3v) is 4.70. The molecule has 21 heavy (non-hydrogen) atoms. The topological polar surface area (TPSA) is 76.2 Å². The Balaban J connectivity index is 1.45. The second-order valence-electron chi connectivity index (χ2n) is 6.43. The molecule has 3 rings (SSSR count). The first kappa shape index (κ1) is 14.4. The number of nitrogen functional groups attached to an aromatic ring is 1. The second-order valence-corrected chi connectivity index (χ2v) is 6.43. The summed E-state index contributed by atoms with van der Waals surface area (Å²) in [5.74, 6) is 0.616. The van der Waals surface area contributed by atoms with Gasteiger partial charge in [0, 0.05) is 19.1 Å². The molecule has 1 aromatic heterocycles. The van der Waals surface area contributed by atoms with Crippen LogP contribution in [0.15, 0.2) is 0 Å². The molecule has 6 nitrogen and oxygen atoms in total. The number of nitrogens with two attached hydrogens (primary N) is 1. The molecule has 1 aromatic rings. The number of nitrogens with one attached hydrogen (secondary N) is 1. The van der Waals surface area contributed by atoms with Crippen molar-refractivity contribution < 1.29 is 4.79 Å². The van der Waals surface area contributed by atoms with Gasteiger partial charge in [0.15, 0.2) is 0 Å². The van der Waals surface area contributed by atoms with Crippen molar-refractivity contribution in [1.29, 1.82) is 0 Å². The van der Waals surface area contributed by atoms with E-state index in [0.29, 0.717) is 11.6 Å². The maximum absolute atomic E-state index is 12.0. The minimum Gasteiger partial charge on any atom is -0.396 e. The predicted octanol–water partition coefficient (Wildman–Crippen LogP) is 0.683. The number of carbonyl (C=O) groups is 1. The number of likely N-dealkylation sites (tertiary alicyclic amines) is 1. The lowest BCUT2D eigenvalue weighted by atomic mass is 10.1. The molecule has 2 fully saturated rings. The fourth-order valence-electron chi connectivity index (χ4n) is 3.12. The SMILES string of the molecule is Cc1nn(CC(=O)NCC2CCN(C3CC3)C2)c(C)c1N. The van der Waals surface area contributed by atoms with Crippen LogP contribution >= 0.6 is 0 Å². The van der Waals surface area contributed by atoms with Gasteiger partial charge in [0.05, 0.1) is 17.1 Å². The summed E-state index contributed by atoms with van der Waals surface area (Å²) in [7, 11) is 0. The van der Waals surface area contributed by atoms with E-state index >= 15 is 0 Å². The van der Waals surface area contributed by atoms with Crippen LogP contribution in [0.4, 0.5) is 5.69 Å². The highest BCUT2D eigenvalue weighted by molar-refractivity contribution is 5.75. The number of aryl methyl sites for hydroxylation is 1. The van der Waals surface area contributed by atoms with Crippen molar-refractivity contribution in [2.24, 2.45) is 5.92 Å². The van der Waals surface area contributed by atoms with E-state index in [4.69, 9.17) is 5.73 Å². The average molecular weight is 291 g/mol. The molecule has 3 N–H and O–H groups in total. The molecule has 6 heteroatoms. The first-order valence-electron chi connectivity index (χ1n) is 7.85. The normalized spacial score (nSPS) is 22.7. The molecule has 1 amide bonds. The van der Waals surface area contributed by atoms with Gasteiger partial charge in [-0.25, -0.2) is 0 Å². The Morgan fingerprint density at radius 1 is 1.38 bits per heavy atom. The van der Waals surface area contributed by atoms with Crippen molar-refractivity contribution in [2.75, 3.05) is 25.4 Å². The Hall–Kier alpha value is -1.56. The van der Waals surface area contributed by atoms with E-state index in [1.165, 1.54) is 25.8 Å². The zero-order valence-electron chi connectivity index (χ0n) is 12.9. The first-order chi connectivity index (χ1) is 10.0. The Kier molecular flexibility index (Phi) is 3.89. The van der Waals surface area contributed by atoms with Crippen LogP contribution in [0.1, 0.15) is 30.7 Å². The summed E-state index contributed by atoms with van der Waals surface area (Å²) in [6, 6.07) is 0.836. The summed E-state index contributed by atoms with van der Waals surface area (Å²) < 4.78 is 1.69. The molecular weight excluding hydrogens is 266 g/mol. The lowest BCUT2D eigenvalue weighted by Gasteiger charge is -2.15. The lowest BCUT2D eigenvalue weighted by Crippen LogP contribution is -2.34. The fraction of sp³-hybridized carbons (Fsp3) is 0.733. The lowest BCUT2D eigenvalue weighted by molar-refractivity contribution is -0.122. The molecule has 0 radical (unpaired) electrons. The third kappa shape index (κ3) is 3.20. The Morgan fingerprint density at radius 3 is 2.76 bits per heavy atom.